The molecule has 0 saturated carbocycles. The number of hydrogen-bond acceptors (Lipinski definition) is 4. The normalized spacial score (nSPS) is 10.4. The quantitative estimate of drug-likeness (QED) is 0.480. The van der Waals surface area contributed by atoms with Crippen molar-refractivity contribution < 1.29 is 23.5 Å². The van der Waals surface area contributed by atoms with Gasteiger partial charge in [0.25, 0.3) is 5.91 Å². The molecule has 0 radical (unpaired) electrons. The summed E-state index contributed by atoms with van der Waals surface area (Å²) in [6.07, 6.45) is 0. The molecule has 2 aromatic rings. The van der Waals surface area contributed by atoms with Crippen LogP contribution in [-0.4, -0.2) is 37.0 Å². The van der Waals surface area contributed by atoms with Crippen molar-refractivity contribution in [3.63, 3.8) is 0 Å². The Kier molecular flexibility index (Phi) is 7.71. The van der Waals surface area contributed by atoms with Gasteiger partial charge in [-0.3, -0.25) is 4.79 Å². The molecular weight excluding hydrogens is 420 g/mol. The third-order valence-corrected chi connectivity index (χ3v) is 4.49. The molecule has 144 valence electrons. The van der Waals surface area contributed by atoms with Crippen molar-refractivity contribution in [1.82, 2.24) is 4.90 Å². The second-order valence-corrected chi connectivity index (χ2v) is 6.71. The van der Waals surface area contributed by atoms with E-state index in [9.17, 15) is 14.0 Å². The molecule has 0 aromatic heterocycles. The molecule has 0 aliphatic heterocycles. The van der Waals surface area contributed by atoms with E-state index < -0.39 is 30.9 Å². The molecule has 0 heterocycles. The molecule has 0 atom stereocenters. The number of esters is 1. The molecule has 5 nitrogen and oxygen atoms in total. The van der Waals surface area contributed by atoms with E-state index in [1.165, 1.54) is 30.1 Å². The standard InChI is InChI=1S/C18H15Cl3FNO4/c1-23(8-11-4-2-3-5-15(11)22)17(24)9-27-18(25)10-26-16-7-13(20)12(19)6-14(16)21/h2-7H,8-10H2,1H3. The summed E-state index contributed by atoms with van der Waals surface area (Å²) in [5.74, 6) is -1.52. The summed E-state index contributed by atoms with van der Waals surface area (Å²) in [5, 5.41) is 0.646. The Bertz CT molecular complexity index is 847. The minimum Gasteiger partial charge on any atom is -0.480 e. The number of hydrogen-bond donors (Lipinski definition) is 0. The fourth-order valence-corrected chi connectivity index (χ4v) is 2.61. The number of likely N-dealkylation sites (N-methyl/N-ethyl adjacent to an activating group) is 1. The van der Waals surface area contributed by atoms with Crippen molar-refractivity contribution in [3.8, 4) is 5.75 Å². The third-order valence-electron chi connectivity index (χ3n) is 3.47. The molecule has 0 unspecified atom stereocenters. The predicted molar refractivity (Wildman–Crippen MR) is 101 cm³/mol. The average Bonchev–Trinajstić information content (AvgIpc) is 2.63. The van der Waals surface area contributed by atoms with Gasteiger partial charge >= 0.3 is 5.97 Å². The zero-order valence-electron chi connectivity index (χ0n) is 14.2. The van der Waals surface area contributed by atoms with Crippen molar-refractivity contribution in [2.45, 2.75) is 6.54 Å². The lowest BCUT2D eigenvalue weighted by atomic mass is 10.2. The first kappa shape index (κ1) is 21.3. The van der Waals surface area contributed by atoms with Gasteiger partial charge in [0.1, 0.15) is 11.6 Å². The Morgan fingerprint density at radius 3 is 2.41 bits per heavy atom. The molecule has 0 bridgehead atoms. The van der Waals surface area contributed by atoms with Crippen LogP contribution in [0.2, 0.25) is 15.1 Å². The van der Waals surface area contributed by atoms with Gasteiger partial charge in [0.2, 0.25) is 0 Å². The Hall–Kier alpha value is -2.02. The lowest BCUT2D eigenvalue weighted by Crippen LogP contribution is -2.31. The van der Waals surface area contributed by atoms with E-state index in [2.05, 4.69) is 0 Å². The van der Waals surface area contributed by atoms with Crippen LogP contribution < -0.4 is 4.74 Å². The maximum atomic E-state index is 13.6. The fourth-order valence-electron chi connectivity index (χ4n) is 2.02. The smallest absolute Gasteiger partial charge is 0.344 e. The lowest BCUT2D eigenvalue weighted by molar-refractivity contribution is -0.153. The molecule has 2 aromatic carbocycles. The Morgan fingerprint density at radius 1 is 1.04 bits per heavy atom. The van der Waals surface area contributed by atoms with E-state index in [0.717, 1.165) is 0 Å². The van der Waals surface area contributed by atoms with Gasteiger partial charge in [0.05, 0.1) is 15.1 Å². The van der Waals surface area contributed by atoms with Gasteiger partial charge in [-0.25, -0.2) is 9.18 Å². The molecule has 0 saturated heterocycles. The first-order valence-corrected chi connectivity index (χ1v) is 8.81. The van der Waals surface area contributed by atoms with Crippen LogP contribution >= 0.6 is 34.8 Å². The number of rotatable bonds is 7. The fraction of sp³-hybridized carbons (Fsp3) is 0.222. The minimum atomic E-state index is -0.773. The maximum absolute atomic E-state index is 13.6. The highest BCUT2D eigenvalue weighted by Gasteiger charge is 2.15. The van der Waals surface area contributed by atoms with E-state index in [-0.39, 0.29) is 27.4 Å². The predicted octanol–water partition coefficient (Wildman–Crippen LogP) is 4.37. The van der Waals surface area contributed by atoms with E-state index >= 15 is 0 Å². The Morgan fingerprint density at radius 2 is 1.70 bits per heavy atom. The van der Waals surface area contributed by atoms with Crippen molar-refractivity contribution >= 4 is 46.7 Å². The maximum Gasteiger partial charge on any atom is 0.344 e. The number of ether oxygens (including phenoxy) is 2. The summed E-state index contributed by atoms with van der Waals surface area (Å²) in [6, 6.07) is 8.85. The molecule has 0 aliphatic rings. The van der Waals surface area contributed by atoms with Crippen LogP contribution in [0.25, 0.3) is 0 Å². The van der Waals surface area contributed by atoms with Crippen LogP contribution in [0.4, 0.5) is 4.39 Å². The van der Waals surface area contributed by atoms with Crippen LogP contribution in [0, 0.1) is 5.82 Å². The SMILES string of the molecule is CN(Cc1ccccc1F)C(=O)COC(=O)COc1cc(Cl)c(Cl)cc1Cl. The van der Waals surface area contributed by atoms with Crippen LogP contribution in [0.15, 0.2) is 36.4 Å². The molecular formula is C18H15Cl3FNO4. The topological polar surface area (TPSA) is 55.8 Å². The number of benzene rings is 2. The number of amides is 1. The lowest BCUT2D eigenvalue weighted by Gasteiger charge is -2.17. The first-order chi connectivity index (χ1) is 12.8. The molecule has 0 N–H and O–H groups in total. The van der Waals surface area contributed by atoms with Crippen LogP contribution in [0.5, 0.6) is 5.75 Å². The van der Waals surface area contributed by atoms with E-state index in [1.54, 1.807) is 18.2 Å². The highest BCUT2D eigenvalue weighted by Crippen LogP contribution is 2.33. The molecule has 9 heteroatoms. The van der Waals surface area contributed by atoms with Gasteiger partial charge in [0, 0.05) is 25.2 Å². The van der Waals surface area contributed by atoms with Gasteiger partial charge < -0.3 is 14.4 Å². The van der Waals surface area contributed by atoms with E-state index in [4.69, 9.17) is 44.3 Å². The van der Waals surface area contributed by atoms with E-state index in [1.807, 2.05) is 0 Å². The van der Waals surface area contributed by atoms with Crippen molar-refractivity contribution in [1.29, 1.82) is 0 Å². The van der Waals surface area contributed by atoms with Crippen molar-refractivity contribution in [2.75, 3.05) is 20.3 Å². The summed E-state index contributed by atoms with van der Waals surface area (Å²) >= 11 is 17.6. The zero-order chi connectivity index (χ0) is 20.0. The zero-order valence-corrected chi connectivity index (χ0v) is 16.4. The highest BCUT2D eigenvalue weighted by molar-refractivity contribution is 6.43. The highest BCUT2D eigenvalue weighted by atomic mass is 35.5. The van der Waals surface area contributed by atoms with Crippen LogP contribution in [0.1, 0.15) is 5.56 Å². The first-order valence-electron chi connectivity index (χ1n) is 7.68. The second-order valence-electron chi connectivity index (χ2n) is 5.49. The number of nitrogens with zero attached hydrogens (tertiary/aromatic N) is 1. The number of carbonyl (C=O) groups is 2. The third kappa shape index (κ3) is 6.27. The van der Waals surface area contributed by atoms with Gasteiger partial charge in [0.15, 0.2) is 13.2 Å². The average molecular weight is 435 g/mol. The molecule has 0 spiro atoms. The van der Waals surface area contributed by atoms with Gasteiger partial charge in [-0.1, -0.05) is 53.0 Å². The minimum absolute atomic E-state index is 0.0540. The Balaban J connectivity index is 1.80. The summed E-state index contributed by atoms with van der Waals surface area (Å²) < 4.78 is 23.7. The number of carbonyl (C=O) groups excluding carboxylic acids is 2. The number of halogens is 4. The summed E-state index contributed by atoms with van der Waals surface area (Å²) in [4.78, 5) is 25.0. The summed E-state index contributed by atoms with van der Waals surface area (Å²) in [5.41, 5.74) is 0.359. The van der Waals surface area contributed by atoms with Gasteiger partial charge in [-0.05, 0) is 12.1 Å². The summed E-state index contributed by atoms with van der Waals surface area (Å²) in [7, 11) is 1.48. The van der Waals surface area contributed by atoms with Crippen molar-refractivity contribution in [3.05, 3.63) is 62.8 Å². The molecule has 0 fully saturated rings. The van der Waals surface area contributed by atoms with Crippen LogP contribution in [0.3, 0.4) is 0 Å². The van der Waals surface area contributed by atoms with Crippen LogP contribution in [-0.2, 0) is 20.9 Å². The largest absolute Gasteiger partial charge is 0.480 e. The molecule has 2 rings (SSSR count). The van der Waals surface area contributed by atoms with Gasteiger partial charge in [-0.2, -0.15) is 0 Å². The van der Waals surface area contributed by atoms with Gasteiger partial charge in [-0.15, -0.1) is 0 Å². The monoisotopic (exact) mass is 433 g/mol. The molecule has 27 heavy (non-hydrogen) atoms. The molecule has 0 aliphatic carbocycles. The summed E-state index contributed by atoms with van der Waals surface area (Å²) in [6.45, 7) is -0.914. The Labute approximate surface area is 170 Å². The molecule has 1 amide bonds. The second kappa shape index (κ2) is 9.78. The van der Waals surface area contributed by atoms with E-state index in [0.29, 0.717) is 5.56 Å². The van der Waals surface area contributed by atoms with Crippen molar-refractivity contribution in [2.24, 2.45) is 0 Å².